The number of aromatic nitrogens is 2. The quantitative estimate of drug-likeness (QED) is 0.772. The summed E-state index contributed by atoms with van der Waals surface area (Å²) in [6.07, 6.45) is 1.94. The first-order valence-corrected chi connectivity index (χ1v) is 7.37. The van der Waals surface area contributed by atoms with Crippen LogP contribution in [-0.2, 0) is 7.05 Å². The molecule has 0 aliphatic rings. The Hall–Kier alpha value is -2.79. The number of amides is 1. The van der Waals surface area contributed by atoms with E-state index in [9.17, 15) is 4.79 Å². The van der Waals surface area contributed by atoms with E-state index in [0.717, 1.165) is 11.3 Å². The molecule has 23 heavy (non-hydrogen) atoms. The van der Waals surface area contributed by atoms with Gasteiger partial charge >= 0.3 is 0 Å². The molecule has 0 radical (unpaired) electrons. The normalized spacial score (nSPS) is 10.5. The number of nitrogen functional groups attached to an aromatic ring is 1. The summed E-state index contributed by atoms with van der Waals surface area (Å²) in [6, 6.07) is 14.1. The van der Waals surface area contributed by atoms with Gasteiger partial charge in [0.1, 0.15) is 11.6 Å². The summed E-state index contributed by atoms with van der Waals surface area (Å²) in [6.45, 7) is 0. The van der Waals surface area contributed by atoms with Gasteiger partial charge in [0.05, 0.1) is 5.69 Å². The van der Waals surface area contributed by atoms with Gasteiger partial charge in [0, 0.05) is 29.4 Å². The Morgan fingerprint density at radius 1 is 1.17 bits per heavy atom. The Morgan fingerprint density at radius 2 is 1.91 bits per heavy atom. The summed E-state index contributed by atoms with van der Waals surface area (Å²) in [5.74, 6) is 0.501. The summed E-state index contributed by atoms with van der Waals surface area (Å²) in [4.78, 5) is 16.4. The van der Waals surface area contributed by atoms with E-state index in [4.69, 9.17) is 17.3 Å². The number of halogens is 1. The van der Waals surface area contributed by atoms with Crippen LogP contribution >= 0.6 is 11.6 Å². The number of pyridine rings is 1. The largest absolute Gasteiger partial charge is 0.383 e. The van der Waals surface area contributed by atoms with Crippen LogP contribution in [0.5, 0.6) is 0 Å². The predicted molar refractivity (Wildman–Crippen MR) is 92.5 cm³/mol. The molecule has 3 rings (SSSR count). The third-order valence-electron chi connectivity index (χ3n) is 3.49. The highest BCUT2D eigenvalue weighted by atomic mass is 35.5. The number of benzene rings is 1. The van der Waals surface area contributed by atoms with E-state index in [1.807, 2.05) is 36.0 Å². The molecule has 0 aliphatic carbocycles. The molecule has 0 bridgehead atoms. The molecule has 5 nitrogen and oxygen atoms in total. The van der Waals surface area contributed by atoms with Crippen LogP contribution in [0.1, 0.15) is 10.4 Å². The van der Waals surface area contributed by atoms with Crippen molar-refractivity contribution in [2.24, 2.45) is 7.05 Å². The molecule has 0 saturated carbocycles. The van der Waals surface area contributed by atoms with Gasteiger partial charge in [-0.3, -0.25) is 4.79 Å². The SMILES string of the molecule is Cn1cccc1-c1ccc(NC(=O)c2ccc(Cl)cc2)nc1N. The number of carbonyl (C=O) groups is 1. The number of hydrogen-bond donors (Lipinski definition) is 2. The second kappa shape index (κ2) is 6.14. The predicted octanol–water partition coefficient (Wildman–Crippen LogP) is 3.58. The van der Waals surface area contributed by atoms with Gasteiger partial charge < -0.3 is 15.6 Å². The lowest BCUT2D eigenvalue weighted by atomic mass is 10.2. The van der Waals surface area contributed by atoms with Gasteiger partial charge in [0.25, 0.3) is 5.91 Å². The monoisotopic (exact) mass is 326 g/mol. The van der Waals surface area contributed by atoms with E-state index in [0.29, 0.717) is 22.2 Å². The standard InChI is InChI=1S/C17H15ClN4O/c1-22-10-2-3-14(22)13-8-9-15(20-16(13)19)21-17(23)11-4-6-12(18)7-5-11/h2-10H,1H3,(H3,19,20,21,23). The first-order valence-electron chi connectivity index (χ1n) is 7.00. The fourth-order valence-electron chi connectivity index (χ4n) is 2.29. The molecule has 0 unspecified atom stereocenters. The molecule has 0 spiro atoms. The van der Waals surface area contributed by atoms with Crippen molar-refractivity contribution in [3.8, 4) is 11.3 Å². The molecular weight excluding hydrogens is 312 g/mol. The number of aryl methyl sites for hydroxylation is 1. The first kappa shape index (κ1) is 15.1. The third kappa shape index (κ3) is 3.19. The fraction of sp³-hybridized carbons (Fsp3) is 0.0588. The maximum Gasteiger partial charge on any atom is 0.256 e. The molecule has 0 saturated heterocycles. The Labute approximate surface area is 138 Å². The molecule has 3 aromatic rings. The molecule has 116 valence electrons. The molecule has 0 atom stereocenters. The highest BCUT2D eigenvalue weighted by Crippen LogP contribution is 2.26. The highest BCUT2D eigenvalue weighted by Gasteiger charge is 2.11. The summed E-state index contributed by atoms with van der Waals surface area (Å²) < 4.78 is 1.96. The lowest BCUT2D eigenvalue weighted by Gasteiger charge is -2.09. The zero-order valence-corrected chi connectivity index (χ0v) is 13.2. The van der Waals surface area contributed by atoms with Crippen molar-refractivity contribution < 1.29 is 4.79 Å². The number of anilines is 2. The lowest BCUT2D eigenvalue weighted by Crippen LogP contribution is -2.13. The Balaban J connectivity index is 1.82. The minimum absolute atomic E-state index is 0.264. The molecule has 0 aliphatic heterocycles. The number of carbonyl (C=O) groups excluding carboxylic acids is 1. The van der Waals surface area contributed by atoms with Crippen LogP contribution in [-0.4, -0.2) is 15.5 Å². The van der Waals surface area contributed by atoms with Crippen molar-refractivity contribution in [3.63, 3.8) is 0 Å². The summed E-state index contributed by atoms with van der Waals surface area (Å²) >= 11 is 5.81. The molecule has 3 N–H and O–H groups in total. The van der Waals surface area contributed by atoms with Crippen molar-refractivity contribution in [1.82, 2.24) is 9.55 Å². The topological polar surface area (TPSA) is 72.9 Å². The van der Waals surface area contributed by atoms with Crippen LogP contribution < -0.4 is 11.1 Å². The van der Waals surface area contributed by atoms with Gasteiger partial charge in [0.2, 0.25) is 0 Å². The van der Waals surface area contributed by atoms with Crippen LogP contribution in [0.3, 0.4) is 0 Å². The minimum Gasteiger partial charge on any atom is -0.383 e. The van der Waals surface area contributed by atoms with Gasteiger partial charge in [-0.15, -0.1) is 0 Å². The van der Waals surface area contributed by atoms with Gasteiger partial charge in [-0.2, -0.15) is 0 Å². The highest BCUT2D eigenvalue weighted by molar-refractivity contribution is 6.30. The summed E-state index contributed by atoms with van der Waals surface area (Å²) in [5.41, 5.74) is 8.31. The number of hydrogen-bond acceptors (Lipinski definition) is 3. The third-order valence-corrected chi connectivity index (χ3v) is 3.74. The van der Waals surface area contributed by atoms with Crippen molar-refractivity contribution >= 4 is 29.1 Å². The fourth-order valence-corrected chi connectivity index (χ4v) is 2.42. The molecule has 1 aromatic carbocycles. The molecule has 0 fully saturated rings. The molecular formula is C17H15ClN4O. The molecule has 6 heteroatoms. The van der Waals surface area contributed by atoms with E-state index in [-0.39, 0.29) is 5.91 Å². The lowest BCUT2D eigenvalue weighted by molar-refractivity contribution is 0.102. The van der Waals surface area contributed by atoms with Crippen LogP contribution in [0, 0.1) is 0 Å². The average Bonchev–Trinajstić information content (AvgIpc) is 2.94. The van der Waals surface area contributed by atoms with Gasteiger partial charge in [0.15, 0.2) is 0 Å². The van der Waals surface area contributed by atoms with Gasteiger partial charge in [-0.05, 0) is 48.5 Å². The second-order valence-corrected chi connectivity index (χ2v) is 5.53. The first-order chi connectivity index (χ1) is 11.0. The van der Waals surface area contributed by atoms with E-state index < -0.39 is 0 Å². The Bertz CT molecular complexity index is 855. The number of nitrogens with one attached hydrogen (secondary N) is 1. The number of nitrogens with two attached hydrogens (primary N) is 1. The summed E-state index contributed by atoms with van der Waals surface area (Å²) in [5, 5.41) is 3.31. The second-order valence-electron chi connectivity index (χ2n) is 5.09. The molecule has 1 amide bonds. The van der Waals surface area contributed by atoms with Crippen molar-refractivity contribution in [1.29, 1.82) is 0 Å². The Morgan fingerprint density at radius 3 is 2.52 bits per heavy atom. The van der Waals surface area contributed by atoms with Gasteiger partial charge in [-0.1, -0.05) is 11.6 Å². The van der Waals surface area contributed by atoms with E-state index in [1.54, 1.807) is 30.3 Å². The maximum atomic E-state index is 12.2. The van der Waals surface area contributed by atoms with Crippen LogP contribution in [0.25, 0.3) is 11.3 Å². The van der Waals surface area contributed by atoms with Crippen LogP contribution in [0.15, 0.2) is 54.7 Å². The minimum atomic E-state index is -0.264. The van der Waals surface area contributed by atoms with Crippen molar-refractivity contribution in [2.75, 3.05) is 11.1 Å². The zero-order valence-electron chi connectivity index (χ0n) is 12.5. The Kier molecular flexibility index (Phi) is 4.04. The zero-order chi connectivity index (χ0) is 16.4. The van der Waals surface area contributed by atoms with E-state index in [2.05, 4.69) is 10.3 Å². The van der Waals surface area contributed by atoms with Crippen LogP contribution in [0.4, 0.5) is 11.6 Å². The maximum absolute atomic E-state index is 12.2. The molecule has 2 heterocycles. The summed E-state index contributed by atoms with van der Waals surface area (Å²) in [7, 11) is 1.94. The number of nitrogens with zero attached hydrogens (tertiary/aromatic N) is 2. The smallest absolute Gasteiger partial charge is 0.256 e. The van der Waals surface area contributed by atoms with Gasteiger partial charge in [-0.25, -0.2) is 4.98 Å². The van der Waals surface area contributed by atoms with Crippen molar-refractivity contribution in [3.05, 3.63) is 65.3 Å². The van der Waals surface area contributed by atoms with Crippen LogP contribution in [0.2, 0.25) is 5.02 Å². The van der Waals surface area contributed by atoms with E-state index >= 15 is 0 Å². The van der Waals surface area contributed by atoms with E-state index in [1.165, 1.54) is 0 Å². The number of rotatable bonds is 3. The molecule has 2 aromatic heterocycles. The average molecular weight is 327 g/mol. The van der Waals surface area contributed by atoms with Crippen molar-refractivity contribution in [2.45, 2.75) is 0 Å².